The summed E-state index contributed by atoms with van der Waals surface area (Å²) >= 11 is 0. The molecule has 1 aromatic rings. The molecule has 1 aliphatic heterocycles. The Morgan fingerprint density at radius 2 is 2.12 bits per heavy atom. The quantitative estimate of drug-likeness (QED) is 0.509. The lowest BCUT2D eigenvalue weighted by Gasteiger charge is -2.21. The van der Waals surface area contributed by atoms with E-state index in [2.05, 4.69) is 29.2 Å². The molecule has 0 spiro atoms. The number of likely N-dealkylation sites (tertiary alicyclic amines) is 1. The minimum absolute atomic E-state index is 0.0966. The number of guanidine groups is 1. The fourth-order valence-corrected chi connectivity index (χ4v) is 3.22. The van der Waals surface area contributed by atoms with E-state index in [9.17, 15) is 4.79 Å². The number of methoxy groups -OCH3 is 1. The molecule has 0 saturated carbocycles. The highest BCUT2D eigenvalue weighted by atomic mass is 16.5. The Hall–Kier alpha value is -2.05. The van der Waals surface area contributed by atoms with Gasteiger partial charge in [0.1, 0.15) is 0 Å². The number of hydrogen-bond donors (Lipinski definition) is 1. The van der Waals surface area contributed by atoms with Crippen molar-refractivity contribution < 1.29 is 9.53 Å². The summed E-state index contributed by atoms with van der Waals surface area (Å²) in [7, 11) is 3.40. The lowest BCUT2D eigenvalue weighted by Crippen LogP contribution is -2.40. The van der Waals surface area contributed by atoms with E-state index in [1.54, 1.807) is 0 Å². The van der Waals surface area contributed by atoms with Crippen LogP contribution in [-0.2, 0) is 23.1 Å². The predicted molar refractivity (Wildman–Crippen MR) is 93.7 cm³/mol. The van der Waals surface area contributed by atoms with Crippen LogP contribution in [0.1, 0.15) is 30.8 Å². The van der Waals surface area contributed by atoms with Crippen molar-refractivity contribution in [2.45, 2.75) is 34.2 Å². The van der Waals surface area contributed by atoms with Gasteiger partial charge in [-0.05, 0) is 26.7 Å². The van der Waals surface area contributed by atoms with Gasteiger partial charge < -0.3 is 15.0 Å². The third-order valence-corrected chi connectivity index (χ3v) is 4.80. The van der Waals surface area contributed by atoms with Crippen molar-refractivity contribution in [1.29, 1.82) is 0 Å². The Morgan fingerprint density at radius 1 is 1.42 bits per heavy atom. The van der Waals surface area contributed by atoms with E-state index < -0.39 is 0 Å². The second kappa shape index (κ2) is 7.68. The van der Waals surface area contributed by atoms with Gasteiger partial charge in [0, 0.05) is 37.9 Å². The summed E-state index contributed by atoms with van der Waals surface area (Å²) in [5.74, 6) is 0.863. The maximum absolute atomic E-state index is 11.9. The lowest BCUT2D eigenvalue weighted by atomic mass is 9.99. The number of carbonyl (C=O) groups is 1. The molecule has 2 atom stereocenters. The standard InChI is InChI=1S/C17H29N5O2/c1-7-18-17(19-8-14-12(3)20-21(5)13(14)4)22-9-11(2)15(10-22)16(23)24-6/h11,15H,7-10H2,1-6H3,(H,18,19). The third-order valence-electron chi connectivity index (χ3n) is 4.80. The average Bonchev–Trinajstić information content (AvgIpc) is 3.04. The van der Waals surface area contributed by atoms with Crippen LogP contribution in [0, 0.1) is 25.7 Å². The number of esters is 1. The van der Waals surface area contributed by atoms with E-state index in [-0.39, 0.29) is 17.8 Å². The van der Waals surface area contributed by atoms with Crippen LogP contribution in [0.2, 0.25) is 0 Å². The van der Waals surface area contributed by atoms with Gasteiger partial charge in [0.25, 0.3) is 0 Å². The van der Waals surface area contributed by atoms with E-state index in [0.29, 0.717) is 13.1 Å². The molecule has 1 aromatic heterocycles. The van der Waals surface area contributed by atoms with Crippen molar-refractivity contribution in [1.82, 2.24) is 20.0 Å². The molecule has 134 valence electrons. The Morgan fingerprint density at radius 3 is 2.67 bits per heavy atom. The van der Waals surface area contributed by atoms with E-state index in [0.717, 1.165) is 36.0 Å². The molecule has 7 nitrogen and oxygen atoms in total. The van der Waals surface area contributed by atoms with Crippen molar-refractivity contribution in [2.75, 3.05) is 26.7 Å². The second-order valence-corrected chi connectivity index (χ2v) is 6.46. The lowest BCUT2D eigenvalue weighted by molar-refractivity contribution is -0.145. The van der Waals surface area contributed by atoms with Crippen LogP contribution in [0.5, 0.6) is 0 Å². The SMILES string of the molecule is CCNC(=NCc1c(C)nn(C)c1C)N1CC(C)C(C(=O)OC)C1. The Balaban J connectivity index is 2.16. The fourth-order valence-electron chi connectivity index (χ4n) is 3.22. The summed E-state index contributed by atoms with van der Waals surface area (Å²) in [6.07, 6.45) is 0. The predicted octanol–water partition coefficient (Wildman–Crippen LogP) is 1.24. The molecule has 0 radical (unpaired) electrons. The van der Waals surface area contributed by atoms with Crippen molar-refractivity contribution in [3.8, 4) is 0 Å². The van der Waals surface area contributed by atoms with Gasteiger partial charge in [-0.25, -0.2) is 4.99 Å². The molecule has 7 heteroatoms. The Kier molecular flexibility index (Phi) is 5.85. The first-order valence-corrected chi connectivity index (χ1v) is 8.49. The zero-order valence-corrected chi connectivity index (χ0v) is 15.6. The highest BCUT2D eigenvalue weighted by Gasteiger charge is 2.36. The number of ether oxygens (including phenoxy) is 1. The van der Waals surface area contributed by atoms with Gasteiger partial charge in [-0.1, -0.05) is 6.92 Å². The van der Waals surface area contributed by atoms with Gasteiger partial charge in [-0.15, -0.1) is 0 Å². The molecule has 2 unspecified atom stereocenters. The minimum atomic E-state index is -0.139. The van der Waals surface area contributed by atoms with Crippen molar-refractivity contribution in [3.05, 3.63) is 17.0 Å². The van der Waals surface area contributed by atoms with Gasteiger partial charge in [-0.2, -0.15) is 5.10 Å². The molecular weight excluding hydrogens is 306 g/mol. The van der Waals surface area contributed by atoms with Gasteiger partial charge in [-0.3, -0.25) is 9.48 Å². The number of aliphatic imine (C=N–C) groups is 1. The number of rotatable bonds is 4. The number of nitrogens with zero attached hydrogens (tertiary/aromatic N) is 4. The molecular formula is C17H29N5O2. The fraction of sp³-hybridized carbons (Fsp3) is 0.706. The highest BCUT2D eigenvalue weighted by molar-refractivity contribution is 5.82. The summed E-state index contributed by atoms with van der Waals surface area (Å²) in [4.78, 5) is 18.8. The zero-order chi connectivity index (χ0) is 17.9. The molecule has 1 N–H and O–H groups in total. The highest BCUT2D eigenvalue weighted by Crippen LogP contribution is 2.24. The first-order chi connectivity index (χ1) is 11.4. The number of nitrogens with one attached hydrogen (secondary N) is 1. The average molecular weight is 335 g/mol. The van der Waals surface area contributed by atoms with Crippen LogP contribution in [0.15, 0.2) is 4.99 Å². The molecule has 0 aliphatic carbocycles. The van der Waals surface area contributed by atoms with Gasteiger partial charge in [0.05, 0.1) is 25.3 Å². The molecule has 1 saturated heterocycles. The van der Waals surface area contributed by atoms with Gasteiger partial charge in [0.2, 0.25) is 0 Å². The molecule has 1 aliphatic rings. The molecule has 0 amide bonds. The van der Waals surface area contributed by atoms with Crippen LogP contribution >= 0.6 is 0 Å². The monoisotopic (exact) mass is 335 g/mol. The Bertz CT molecular complexity index is 623. The molecule has 2 rings (SSSR count). The maximum Gasteiger partial charge on any atom is 0.310 e. The summed E-state index contributed by atoms with van der Waals surface area (Å²) in [6, 6.07) is 0. The van der Waals surface area contributed by atoms with Gasteiger partial charge in [0.15, 0.2) is 5.96 Å². The normalized spacial score (nSPS) is 21.2. The summed E-state index contributed by atoms with van der Waals surface area (Å²) in [6.45, 7) is 11.0. The van der Waals surface area contributed by atoms with Crippen LogP contribution in [0.25, 0.3) is 0 Å². The van der Waals surface area contributed by atoms with Crippen LogP contribution in [0.3, 0.4) is 0 Å². The number of hydrogen-bond acceptors (Lipinski definition) is 4. The van der Waals surface area contributed by atoms with Crippen molar-refractivity contribution in [3.63, 3.8) is 0 Å². The number of aryl methyl sites for hydroxylation is 2. The Labute approximate surface area is 144 Å². The van der Waals surface area contributed by atoms with Gasteiger partial charge >= 0.3 is 5.97 Å². The molecule has 0 bridgehead atoms. The largest absolute Gasteiger partial charge is 0.469 e. The van der Waals surface area contributed by atoms with Crippen molar-refractivity contribution in [2.24, 2.45) is 23.9 Å². The van der Waals surface area contributed by atoms with Crippen LogP contribution in [-0.4, -0.2) is 53.4 Å². The first-order valence-electron chi connectivity index (χ1n) is 8.49. The van der Waals surface area contributed by atoms with E-state index in [1.807, 2.05) is 25.6 Å². The molecule has 24 heavy (non-hydrogen) atoms. The number of aromatic nitrogens is 2. The minimum Gasteiger partial charge on any atom is -0.469 e. The van der Waals surface area contributed by atoms with Crippen LogP contribution < -0.4 is 5.32 Å². The van der Waals surface area contributed by atoms with Crippen LogP contribution in [0.4, 0.5) is 0 Å². The van der Waals surface area contributed by atoms with E-state index in [4.69, 9.17) is 9.73 Å². The zero-order valence-electron chi connectivity index (χ0n) is 15.6. The summed E-state index contributed by atoms with van der Waals surface area (Å²) in [5.41, 5.74) is 3.30. The van der Waals surface area contributed by atoms with Crippen molar-refractivity contribution >= 4 is 11.9 Å². The summed E-state index contributed by atoms with van der Waals surface area (Å²) in [5, 5.41) is 7.78. The maximum atomic E-state index is 11.9. The van der Waals surface area contributed by atoms with E-state index >= 15 is 0 Å². The molecule has 2 heterocycles. The summed E-state index contributed by atoms with van der Waals surface area (Å²) < 4.78 is 6.81. The first kappa shape index (κ1) is 18.3. The third kappa shape index (κ3) is 3.71. The van der Waals surface area contributed by atoms with E-state index in [1.165, 1.54) is 7.11 Å². The molecule has 0 aromatic carbocycles. The number of carbonyl (C=O) groups excluding carboxylic acids is 1. The second-order valence-electron chi connectivity index (χ2n) is 6.46. The topological polar surface area (TPSA) is 71.8 Å². The smallest absolute Gasteiger partial charge is 0.310 e. The molecule has 1 fully saturated rings.